The lowest BCUT2D eigenvalue weighted by Gasteiger charge is -2.49. The van der Waals surface area contributed by atoms with E-state index in [-0.39, 0.29) is 29.4 Å². The molecule has 0 N–H and O–H groups in total. The number of pyridine rings is 1. The molecule has 8 nitrogen and oxygen atoms in total. The first-order valence-corrected chi connectivity index (χ1v) is 10.9. The predicted molar refractivity (Wildman–Crippen MR) is 114 cm³/mol. The topological polar surface area (TPSA) is 94.0 Å². The third-order valence-corrected chi connectivity index (χ3v) is 6.22. The van der Waals surface area contributed by atoms with Crippen molar-refractivity contribution < 1.29 is 22.7 Å². The summed E-state index contributed by atoms with van der Waals surface area (Å²) in [6, 6.07) is 5.04. The number of hydrogen-bond acceptors (Lipinski definition) is 7. The normalized spacial score (nSPS) is 22.0. The Morgan fingerprint density at radius 1 is 1.09 bits per heavy atom. The largest absolute Gasteiger partial charge is 0.471 e. The zero-order valence-electron chi connectivity index (χ0n) is 18.2. The molecule has 1 amide bonds. The van der Waals surface area contributed by atoms with Gasteiger partial charge in [0, 0.05) is 24.6 Å². The molecule has 3 aromatic rings. The first kappa shape index (κ1) is 22.2. The molecule has 1 saturated carbocycles. The maximum Gasteiger partial charge on any atom is 0.434 e. The second-order valence-corrected chi connectivity index (χ2v) is 8.52. The Balaban J connectivity index is 1.40. The van der Waals surface area contributed by atoms with E-state index < -0.39 is 18.0 Å². The van der Waals surface area contributed by atoms with Gasteiger partial charge in [-0.05, 0) is 50.3 Å². The Labute approximate surface area is 193 Å². The van der Waals surface area contributed by atoms with Crippen LogP contribution in [0.5, 0.6) is 5.88 Å². The van der Waals surface area contributed by atoms with Crippen molar-refractivity contribution in [3.63, 3.8) is 0 Å². The molecule has 0 aromatic carbocycles. The van der Waals surface area contributed by atoms with Crippen molar-refractivity contribution in [3.05, 3.63) is 60.1 Å². The molecule has 5 heterocycles. The molecule has 1 aliphatic carbocycles. The number of rotatable bonds is 4. The summed E-state index contributed by atoms with van der Waals surface area (Å²) in [5.74, 6) is 0.383. The molecule has 2 bridgehead atoms. The Bertz CT molecular complexity index is 1190. The SMILES string of the molecule is Cc1ccc(-c2ncccn2)c(C(=O)N2C[C@@H]3CC[C@H]2[C@H](Oc2cnc(C(F)(F)F)cn2)C3)n1. The Morgan fingerprint density at radius 3 is 2.56 bits per heavy atom. The van der Waals surface area contributed by atoms with Gasteiger partial charge >= 0.3 is 6.18 Å². The van der Waals surface area contributed by atoms with Crippen molar-refractivity contribution in [1.82, 2.24) is 29.8 Å². The Kier molecular flexibility index (Phi) is 5.62. The number of piperidine rings is 2. The number of ether oxygens (including phenoxy) is 1. The van der Waals surface area contributed by atoms with E-state index in [2.05, 4.69) is 24.9 Å². The van der Waals surface area contributed by atoms with E-state index in [0.717, 1.165) is 19.0 Å². The van der Waals surface area contributed by atoms with Crippen LogP contribution in [0.2, 0.25) is 0 Å². The monoisotopic (exact) mass is 470 g/mol. The van der Waals surface area contributed by atoms with Gasteiger partial charge in [0.1, 0.15) is 11.8 Å². The van der Waals surface area contributed by atoms with E-state index in [4.69, 9.17) is 4.74 Å². The number of alkyl halides is 3. The summed E-state index contributed by atoms with van der Waals surface area (Å²) in [4.78, 5) is 35.7. The minimum Gasteiger partial charge on any atom is -0.471 e. The minimum absolute atomic E-state index is 0.00463. The van der Waals surface area contributed by atoms with Gasteiger partial charge in [0.05, 0.1) is 24.0 Å². The lowest BCUT2D eigenvalue weighted by molar-refractivity contribution is -0.141. The van der Waals surface area contributed by atoms with Gasteiger partial charge in [0.2, 0.25) is 5.88 Å². The third-order valence-electron chi connectivity index (χ3n) is 6.22. The van der Waals surface area contributed by atoms with E-state index in [0.29, 0.717) is 36.2 Å². The van der Waals surface area contributed by atoms with Crippen molar-refractivity contribution in [3.8, 4) is 17.3 Å². The molecule has 3 fully saturated rings. The van der Waals surface area contributed by atoms with Crippen molar-refractivity contribution >= 4 is 5.91 Å². The van der Waals surface area contributed by atoms with E-state index in [9.17, 15) is 18.0 Å². The molecule has 2 aliphatic heterocycles. The van der Waals surface area contributed by atoms with Crippen molar-refractivity contribution in [1.29, 1.82) is 0 Å². The summed E-state index contributed by atoms with van der Waals surface area (Å²) >= 11 is 0. The van der Waals surface area contributed by atoms with E-state index in [1.165, 1.54) is 0 Å². The lowest BCUT2D eigenvalue weighted by atomic mass is 9.77. The molecule has 2 saturated heterocycles. The van der Waals surface area contributed by atoms with Crippen LogP contribution in [-0.2, 0) is 6.18 Å². The fraction of sp³-hybridized carbons (Fsp3) is 0.391. The summed E-state index contributed by atoms with van der Waals surface area (Å²) in [6.45, 7) is 2.37. The quantitative estimate of drug-likeness (QED) is 0.574. The van der Waals surface area contributed by atoms with Gasteiger partial charge in [0.15, 0.2) is 11.5 Å². The summed E-state index contributed by atoms with van der Waals surface area (Å²) < 4.78 is 44.3. The number of aryl methyl sites for hydroxylation is 1. The zero-order valence-corrected chi connectivity index (χ0v) is 18.2. The summed E-state index contributed by atoms with van der Waals surface area (Å²) in [5.41, 5.74) is 0.427. The summed E-state index contributed by atoms with van der Waals surface area (Å²) in [5, 5.41) is 0. The highest BCUT2D eigenvalue weighted by molar-refractivity contribution is 5.98. The molecule has 3 atom stereocenters. The number of carbonyl (C=O) groups excluding carboxylic acids is 1. The highest BCUT2D eigenvalue weighted by Crippen LogP contribution is 2.38. The number of amides is 1. The molecule has 176 valence electrons. The zero-order chi connectivity index (χ0) is 23.9. The van der Waals surface area contributed by atoms with Crippen molar-refractivity contribution in [2.24, 2.45) is 5.92 Å². The Hall–Kier alpha value is -3.63. The number of nitrogens with zero attached hydrogens (tertiary/aromatic N) is 6. The smallest absolute Gasteiger partial charge is 0.434 e. The average molecular weight is 470 g/mol. The first-order valence-electron chi connectivity index (χ1n) is 10.9. The fourth-order valence-electron chi connectivity index (χ4n) is 4.64. The van der Waals surface area contributed by atoms with Crippen LogP contribution in [-0.4, -0.2) is 54.4 Å². The molecule has 3 aliphatic rings. The predicted octanol–water partition coefficient (Wildman–Crippen LogP) is 3.73. The molecule has 34 heavy (non-hydrogen) atoms. The van der Waals surface area contributed by atoms with Crippen molar-refractivity contribution in [2.75, 3.05) is 6.54 Å². The van der Waals surface area contributed by atoms with Crippen LogP contribution in [0.4, 0.5) is 13.2 Å². The molecule has 0 spiro atoms. The van der Waals surface area contributed by atoms with Crippen LogP contribution in [0.25, 0.3) is 11.4 Å². The number of halogens is 3. The molecular weight excluding hydrogens is 449 g/mol. The van der Waals surface area contributed by atoms with Crippen LogP contribution >= 0.6 is 0 Å². The lowest BCUT2D eigenvalue weighted by Crippen LogP contribution is -2.59. The van der Waals surface area contributed by atoms with Gasteiger partial charge in [-0.15, -0.1) is 0 Å². The van der Waals surface area contributed by atoms with E-state index >= 15 is 0 Å². The Morgan fingerprint density at radius 2 is 1.88 bits per heavy atom. The number of aromatic nitrogens is 5. The number of carbonyl (C=O) groups is 1. The van der Waals surface area contributed by atoms with Crippen LogP contribution in [0.3, 0.4) is 0 Å². The second-order valence-electron chi connectivity index (χ2n) is 8.52. The highest BCUT2D eigenvalue weighted by Gasteiger charge is 2.45. The highest BCUT2D eigenvalue weighted by atomic mass is 19.4. The van der Waals surface area contributed by atoms with Gasteiger partial charge in [0.25, 0.3) is 5.91 Å². The summed E-state index contributed by atoms with van der Waals surface area (Å²) in [6.07, 6.45) is 2.23. The maximum absolute atomic E-state index is 13.7. The fourth-order valence-corrected chi connectivity index (χ4v) is 4.64. The second kappa shape index (κ2) is 8.62. The van der Waals surface area contributed by atoms with Gasteiger partial charge < -0.3 is 9.64 Å². The van der Waals surface area contributed by atoms with E-state index in [1.807, 2.05) is 6.92 Å². The molecule has 11 heteroatoms. The van der Waals surface area contributed by atoms with Gasteiger partial charge in [-0.1, -0.05) is 0 Å². The van der Waals surface area contributed by atoms with Crippen molar-refractivity contribution in [2.45, 2.75) is 44.5 Å². The molecular formula is C23H21F3N6O2. The third kappa shape index (κ3) is 4.29. The maximum atomic E-state index is 13.7. The van der Waals surface area contributed by atoms with Crippen LogP contribution in [0.1, 0.15) is 41.1 Å². The number of hydrogen-bond donors (Lipinski definition) is 0. The first-order chi connectivity index (χ1) is 16.3. The molecule has 0 unspecified atom stereocenters. The van der Waals surface area contributed by atoms with Gasteiger partial charge in [-0.3, -0.25) is 4.79 Å². The molecule has 3 aromatic heterocycles. The summed E-state index contributed by atoms with van der Waals surface area (Å²) in [7, 11) is 0. The number of fused-ring (bicyclic) bond motifs is 3. The van der Waals surface area contributed by atoms with E-state index in [1.54, 1.807) is 35.5 Å². The standard InChI is InChI=1S/C23H21F3N6O2/c1-13-3-5-15(21-27-7-2-8-28-21)20(31-13)22(33)32-12-14-4-6-16(32)17(9-14)34-19-11-29-18(10-30-19)23(24,25)26/h2-3,5,7-8,10-11,14,16-17H,4,6,9,12H2,1H3/t14-,16+,17-/m1/s1. The van der Waals surface area contributed by atoms with Gasteiger partial charge in [-0.2, -0.15) is 13.2 Å². The average Bonchev–Trinajstić information content (AvgIpc) is 2.84. The van der Waals surface area contributed by atoms with Crippen LogP contribution in [0, 0.1) is 12.8 Å². The molecule has 6 rings (SSSR count). The van der Waals surface area contributed by atoms with Gasteiger partial charge in [-0.25, -0.2) is 24.9 Å². The van der Waals surface area contributed by atoms with Crippen LogP contribution in [0.15, 0.2) is 43.0 Å². The van der Waals surface area contributed by atoms with Crippen LogP contribution < -0.4 is 4.74 Å². The minimum atomic E-state index is -4.57. The molecule has 0 radical (unpaired) electrons.